The molecular weight excluding hydrogens is 334 g/mol. The standard InChI is InChI=1S/C19H23N3O4/c1-12(18(24)21-8-2-3-9-21)26-19(25)13-6-7-15-14(11-13)20-17(23)16-5-4-10-22(15)16/h6-7,11-12,16H,2-5,8-10H2,1H3,(H,20,23)/t12-,16-/m0/s1. The highest BCUT2D eigenvalue weighted by molar-refractivity contribution is 6.05. The van der Waals surface area contributed by atoms with E-state index in [1.54, 1.807) is 24.0 Å². The van der Waals surface area contributed by atoms with Crippen molar-refractivity contribution >= 4 is 29.2 Å². The molecule has 2 fully saturated rings. The first kappa shape index (κ1) is 16.9. The molecule has 0 aliphatic carbocycles. The third-order valence-corrected chi connectivity index (χ3v) is 5.40. The molecule has 0 spiro atoms. The predicted molar refractivity (Wildman–Crippen MR) is 96.1 cm³/mol. The first-order chi connectivity index (χ1) is 12.5. The zero-order valence-electron chi connectivity index (χ0n) is 14.9. The molecule has 1 aromatic carbocycles. The lowest BCUT2D eigenvalue weighted by molar-refractivity contribution is -0.138. The summed E-state index contributed by atoms with van der Waals surface area (Å²) in [5, 5.41) is 2.88. The van der Waals surface area contributed by atoms with Crippen LogP contribution >= 0.6 is 0 Å². The van der Waals surface area contributed by atoms with Crippen LogP contribution in [0.15, 0.2) is 18.2 Å². The second-order valence-corrected chi connectivity index (χ2v) is 7.15. The average Bonchev–Trinajstić information content (AvgIpc) is 3.32. The summed E-state index contributed by atoms with van der Waals surface area (Å²) in [6.07, 6.45) is 3.01. The van der Waals surface area contributed by atoms with Gasteiger partial charge in [0.25, 0.3) is 5.91 Å². The van der Waals surface area contributed by atoms with Crippen molar-refractivity contribution < 1.29 is 19.1 Å². The summed E-state index contributed by atoms with van der Waals surface area (Å²) < 4.78 is 5.36. The van der Waals surface area contributed by atoms with Crippen LogP contribution in [0.2, 0.25) is 0 Å². The van der Waals surface area contributed by atoms with Crippen molar-refractivity contribution in [2.45, 2.75) is 44.8 Å². The number of carbonyl (C=O) groups excluding carboxylic acids is 3. The van der Waals surface area contributed by atoms with Gasteiger partial charge in [-0.1, -0.05) is 0 Å². The lowest BCUT2D eigenvalue weighted by atomic mass is 10.1. The zero-order chi connectivity index (χ0) is 18.3. The molecule has 2 saturated heterocycles. The topological polar surface area (TPSA) is 79.0 Å². The molecule has 3 heterocycles. The minimum atomic E-state index is -0.811. The fourth-order valence-corrected chi connectivity index (χ4v) is 4.03. The van der Waals surface area contributed by atoms with Gasteiger partial charge in [-0.25, -0.2) is 4.79 Å². The van der Waals surface area contributed by atoms with E-state index in [0.29, 0.717) is 11.3 Å². The van der Waals surface area contributed by atoms with Gasteiger partial charge in [0.05, 0.1) is 16.9 Å². The molecule has 3 aliphatic rings. The molecule has 0 radical (unpaired) electrons. The number of anilines is 2. The Hall–Kier alpha value is -2.57. The van der Waals surface area contributed by atoms with Crippen LogP contribution in [0.25, 0.3) is 0 Å². The van der Waals surface area contributed by atoms with Crippen molar-refractivity contribution in [2.24, 2.45) is 0 Å². The van der Waals surface area contributed by atoms with Crippen molar-refractivity contribution in [1.29, 1.82) is 0 Å². The maximum Gasteiger partial charge on any atom is 0.338 e. The molecule has 0 aromatic heterocycles. The molecule has 7 nitrogen and oxygen atoms in total. The van der Waals surface area contributed by atoms with Crippen LogP contribution in [0.5, 0.6) is 0 Å². The van der Waals surface area contributed by atoms with Gasteiger partial charge in [-0.05, 0) is 50.8 Å². The SMILES string of the molecule is C[C@H](OC(=O)c1ccc2c(c1)NC(=O)[C@@H]1CCCN21)C(=O)N1CCCC1. The second-order valence-electron chi connectivity index (χ2n) is 7.15. The summed E-state index contributed by atoms with van der Waals surface area (Å²) in [5.41, 5.74) is 1.90. The molecule has 0 unspecified atom stereocenters. The van der Waals surface area contributed by atoms with E-state index in [2.05, 4.69) is 10.2 Å². The van der Waals surface area contributed by atoms with Gasteiger partial charge in [0.2, 0.25) is 5.91 Å². The molecule has 4 rings (SSSR count). The minimum Gasteiger partial charge on any atom is -0.449 e. The third-order valence-electron chi connectivity index (χ3n) is 5.40. The number of hydrogen-bond donors (Lipinski definition) is 1. The minimum absolute atomic E-state index is 0.0295. The Kier molecular flexibility index (Phi) is 4.30. The van der Waals surface area contributed by atoms with Crippen LogP contribution in [0, 0.1) is 0 Å². The molecule has 2 atom stereocenters. The highest BCUT2D eigenvalue weighted by Crippen LogP contribution is 2.37. The van der Waals surface area contributed by atoms with E-state index >= 15 is 0 Å². The number of hydrogen-bond acceptors (Lipinski definition) is 5. The second kappa shape index (κ2) is 6.63. The number of benzene rings is 1. The van der Waals surface area contributed by atoms with Gasteiger partial charge in [-0.2, -0.15) is 0 Å². The largest absolute Gasteiger partial charge is 0.449 e. The number of amides is 2. The molecule has 0 bridgehead atoms. The highest BCUT2D eigenvalue weighted by Gasteiger charge is 2.36. The van der Waals surface area contributed by atoms with Crippen LogP contribution in [0.1, 0.15) is 43.0 Å². The summed E-state index contributed by atoms with van der Waals surface area (Å²) in [5.74, 6) is -0.731. The van der Waals surface area contributed by atoms with E-state index < -0.39 is 12.1 Å². The van der Waals surface area contributed by atoms with Crippen LogP contribution < -0.4 is 10.2 Å². The molecule has 2 amide bonds. The normalized spacial score (nSPS) is 22.5. The molecule has 3 aliphatic heterocycles. The Morgan fingerprint density at radius 1 is 1.19 bits per heavy atom. The Balaban J connectivity index is 1.48. The first-order valence-electron chi connectivity index (χ1n) is 9.26. The Labute approximate surface area is 152 Å². The van der Waals surface area contributed by atoms with E-state index in [-0.39, 0.29) is 17.9 Å². The van der Waals surface area contributed by atoms with E-state index in [9.17, 15) is 14.4 Å². The van der Waals surface area contributed by atoms with Crippen molar-refractivity contribution in [1.82, 2.24) is 4.90 Å². The molecule has 26 heavy (non-hydrogen) atoms. The number of esters is 1. The molecule has 138 valence electrons. The molecule has 1 N–H and O–H groups in total. The number of ether oxygens (including phenoxy) is 1. The van der Waals surface area contributed by atoms with Gasteiger partial charge in [-0.15, -0.1) is 0 Å². The molecule has 7 heteroatoms. The van der Waals surface area contributed by atoms with E-state index in [0.717, 1.165) is 51.0 Å². The van der Waals surface area contributed by atoms with Gasteiger partial charge in [0.1, 0.15) is 6.04 Å². The van der Waals surface area contributed by atoms with Gasteiger partial charge in [0, 0.05) is 19.6 Å². The van der Waals surface area contributed by atoms with Crippen LogP contribution in [0.3, 0.4) is 0 Å². The molecule has 0 saturated carbocycles. The number of rotatable bonds is 3. The number of nitrogens with zero attached hydrogens (tertiary/aromatic N) is 2. The maximum atomic E-state index is 12.5. The molecular formula is C19H23N3O4. The molecule has 1 aromatic rings. The van der Waals surface area contributed by atoms with Gasteiger partial charge >= 0.3 is 5.97 Å². The van der Waals surface area contributed by atoms with E-state index in [4.69, 9.17) is 4.74 Å². The van der Waals surface area contributed by atoms with Gasteiger partial charge < -0.3 is 19.9 Å². The maximum absolute atomic E-state index is 12.5. The zero-order valence-corrected chi connectivity index (χ0v) is 14.9. The average molecular weight is 357 g/mol. The van der Waals surface area contributed by atoms with Crippen LogP contribution in [-0.2, 0) is 14.3 Å². The first-order valence-corrected chi connectivity index (χ1v) is 9.26. The number of carbonyl (C=O) groups is 3. The summed E-state index contributed by atoms with van der Waals surface area (Å²) >= 11 is 0. The van der Waals surface area contributed by atoms with Gasteiger partial charge in [0.15, 0.2) is 6.10 Å². The van der Waals surface area contributed by atoms with Crippen molar-refractivity contribution in [2.75, 3.05) is 29.9 Å². The predicted octanol–water partition coefficient (Wildman–Crippen LogP) is 1.78. The summed E-state index contributed by atoms with van der Waals surface area (Å²) in [7, 11) is 0. The van der Waals surface area contributed by atoms with Crippen molar-refractivity contribution in [3.63, 3.8) is 0 Å². The number of fused-ring (bicyclic) bond motifs is 3. The summed E-state index contributed by atoms with van der Waals surface area (Å²) in [6.45, 7) is 3.90. The number of likely N-dealkylation sites (tertiary alicyclic amines) is 1. The Bertz CT molecular complexity index is 757. The fraction of sp³-hybridized carbons (Fsp3) is 0.526. The quantitative estimate of drug-likeness (QED) is 0.834. The van der Waals surface area contributed by atoms with Crippen molar-refractivity contribution in [3.8, 4) is 0 Å². The van der Waals surface area contributed by atoms with Crippen LogP contribution in [-0.4, -0.2) is 54.5 Å². The van der Waals surface area contributed by atoms with Gasteiger partial charge in [-0.3, -0.25) is 9.59 Å². The van der Waals surface area contributed by atoms with E-state index in [1.165, 1.54) is 0 Å². The highest BCUT2D eigenvalue weighted by atomic mass is 16.5. The Morgan fingerprint density at radius 2 is 1.96 bits per heavy atom. The summed E-state index contributed by atoms with van der Waals surface area (Å²) in [4.78, 5) is 40.8. The smallest absolute Gasteiger partial charge is 0.338 e. The number of nitrogens with one attached hydrogen (secondary N) is 1. The van der Waals surface area contributed by atoms with E-state index in [1.807, 2.05) is 6.07 Å². The van der Waals surface area contributed by atoms with Crippen molar-refractivity contribution in [3.05, 3.63) is 23.8 Å². The van der Waals surface area contributed by atoms with Crippen LogP contribution in [0.4, 0.5) is 11.4 Å². The lowest BCUT2D eigenvalue weighted by Crippen LogP contribution is -2.44. The fourth-order valence-electron chi connectivity index (χ4n) is 4.03. The lowest BCUT2D eigenvalue weighted by Gasteiger charge is -2.33. The third kappa shape index (κ3) is 2.91. The Morgan fingerprint density at radius 3 is 2.73 bits per heavy atom. The summed E-state index contributed by atoms with van der Waals surface area (Å²) in [6, 6.07) is 5.06. The monoisotopic (exact) mass is 357 g/mol.